The summed E-state index contributed by atoms with van der Waals surface area (Å²) in [6.45, 7) is 5.95. The standard InChI is InChI=1S/C30H29NO8/c1-30(2,3)17-10-15(12-4-5-19-20(9-12)39-11-38-19)16-7-13-6-14-8-18(32)24(29(31)37)28(36)22(14)26(34)21(13)27(35)23(16)25(17)33/h4-5,9-10,13-14,22,33,35-36H,6-8,11H2,1-3H3,(H2,31,37)/t13-,14+,22?/m1/s1. The Morgan fingerprint density at radius 3 is 2.44 bits per heavy atom. The number of aliphatic hydroxyl groups is 2. The monoisotopic (exact) mass is 531 g/mol. The number of benzene rings is 2. The van der Waals surface area contributed by atoms with Gasteiger partial charge in [0.1, 0.15) is 22.8 Å². The van der Waals surface area contributed by atoms with Crippen molar-refractivity contribution in [2.45, 2.75) is 45.4 Å². The van der Waals surface area contributed by atoms with Crippen LogP contribution in [-0.4, -0.2) is 39.6 Å². The van der Waals surface area contributed by atoms with E-state index in [1.807, 2.05) is 45.0 Å². The molecule has 0 spiro atoms. The minimum atomic E-state index is -1.15. The van der Waals surface area contributed by atoms with Gasteiger partial charge in [0, 0.05) is 17.6 Å². The molecular formula is C30H29NO8. The van der Waals surface area contributed by atoms with Crippen LogP contribution in [-0.2, 0) is 26.2 Å². The highest BCUT2D eigenvalue weighted by molar-refractivity contribution is 6.21. The highest BCUT2D eigenvalue weighted by Crippen LogP contribution is 2.53. The molecule has 202 valence electrons. The van der Waals surface area contributed by atoms with Gasteiger partial charge >= 0.3 is 0 Å². The number of phenolic OH excluding ortho intramolecular Hbond substituents is 1. The van der Waals surface area contributed by atoms with E-state index < -0.39 is 52.0 Å². The van der Waals surface area contributed by atoms with Crippen LogP contribution in [0.1, 0.15) is 50.3 Å². The molecule has 2 aromatic carbocycles. The number of nitrogens with two attached hydrogens (primary N) is 1. The van der Waals surface area contributed by atoms with Crippen LogP contribution in [0, 0.1) is 17.8 Å². The number of fused-ring (bicyclic) bond motifs is 4. The maximum absolute atomic E-state index is 13.8. The largest absolute Gasteiger partial charge is 0.511 e. The molecule has 3 aliphatic carbocycles. The molecule has 0 bridgehead atoms. The van der Waals surface area contributed by atoms with Gasteiger partial charge in [0.25, 0.3) is 5.91 Å². The van der Waals surface area contributed by atoms with Crippen molar-refractivity contribution in [1.29, 1.82) is 0 Å². The smallest absolute Gasteiger partial charge is 0.255 e. The molecule has 1 fully saturated rings. The molecule has 4 aliphatic rings. The van der Waals surface area contributed by atoms with Crippen LogP contribution in [0.5, 0.6) is 17.2 Å². The Hall–Kier alpha value is -4.27. The first-order valence-corrected chi connectivity index (χ1v) is 12.9. The summed E-state index contributed by atoms with van der Waals surface area (Å²) in [6.07, 6.45) is 0.561. The molecule has 39 heavy (non-hydrogen) atoms. The average molecular weight is 532 g/mol. The Kier molecular flexibility index (Phi) is 5.37. The fraction of sp³-hybridized carbons (Fsp3) is 0.367. The number of hydrogen-bond donors (Lipinski definition) is 4. The summed E-state index contributed by atoms with van der Waals surface area (Å²) in [6, 6.07) is 7.47. The first-order chi connectivity index (χ1) is 18.4. The molecule has 9 nitrogen and oxygen atoms in total. The summed E-state index contributed by atoms with van der Waals surface area (Å²) in [4.78, 5) is 38.2. The van der Waals surface area contributed by atoms with Crippen LogP contribution in [0.25, 0.3) is 16.9 Å². The molecular weight excluding hydrogens is 502 g/mol. The van der Waals surface area contributed by atoms with Crippen LogP contribution in [0.3, 0.4) is 0 Å². The lowest BCUT2D eigenvalue weighted by molar-refractivity contribution is -0.127. The summed E-state index contributed by atoms with van der Waals surface area (Å²) in [7, 11) is 0. The molecule has 1 unspecified atom stereocenters. The van der Waals surface area contributed by atoms with Crippen molar-refractivity contribution in [2.75, 3.05) is 6.79 Å². The molecule has 6 rings (SSSR count). The molecule has 1 saturated carbocycles. The van der Waals surface area contributed by atoms with E-state index >= 15 is 0 Å². The molecule has 5 N–H and O–H groups in total. The number of allylic oxidation sites excluding steroid dienone is 2. The van der Waals surface area contributed by atoms with Crippen molar-refractivity contribution in [3.8, 4) is 28.4 Å². The summed E-state index contributed by atoms with van der Waals surface area (Å²) in [5.74, 6) is -4.25. The van der Waals surface area contributed by atoms with Gasteiger partial charge in [0.2, 0.25) is 6.79 Å². The number of carbonyl (C=O) groups is 3. The third-order valence-electron chi connectivity index (χ3n) is 8.38. The van der Waals surface area contributed by atoms with Crippen LogP contribution < -0.4 is 15.2 Å². The Balaban J connectivity index is 1.57. The molecule has 1 aliphatic heterocycles. The fourth-order valence-corrected chi connectivity index (χ4v) is 6.60. The van der Waals surface area contributed by atoms with Crippen LogP contribution in [0.15, 0.2) is 41.2 Å². The van der Waals surface area contributed by atoms with Crippen LogP contribution in [0.2, 0.25) is 0 Å². The molecule has 1 amide bonds. The van der Waals surface area contributed by atoms with Crippen molar-refractivity contribution in [3.63, 3.8) is 0 Å². The van der Waals surface area contributed by atoms with Crippen molar-refractivity contribution >= 4 is 23.2 Å². The predicted molar refractivity (Wildman–Crippen MR) is 140 cm³/mol. The summed E-state index contributed by atoms with van der Waals surface area (Å²) in [5.41, 5.74) is 7.38. The second-order valence-corrected chi connectivity index (χ2v) is 11.7. The number of Topliss-reactive ketones (excluding diaryl/α,β-unsaturated/α-hetero) is 2. The minimum absolute atomic E-state index is 0.0893. The quantitative estimate of drug-likeness (QED) is 0.424. The number of aromatic hydroxyl groups is 1. The topological polar surface area (TPSA) is 156 Å². The van der Waals surface area contributed by atoms with Gasteiger partial charge in [-0.2, -0.15) is 0 Å². The highest BCUT2D eigenvalue weighted by atomic mass is 16.7. The first kappa shape index (κ1) is 25.0. The van der Waals surface area contributed by atoms with Crippen molar-refractivity contribution in [2.24, 2.45) is 23.5 Å². The molecule has 1 heterocycles. The van der Waals surface area contributed by atoms with E-state index in [9.17, 15) is 29.7 Å². The second-order valence-electron chi connectivity index (χ2n) is 11.7. The van der Waals surface area contributed by atoms with Gasteiger partial charge in [-0.15, -0.1) is 0 Å². The normalized spacial score (nSPS) is 23.9. The van der Waals surface area contributed by atoms with E-state index in [0.717, 1.165) is 11.1 Å². The third-order valence-corrected chi connectivity index (χ3v) is 8.38. The number of carbonyl (C=O) groups excluding carboxylic acids is 3. The van der Waals surface area contributed by atoms with E-state index in [0.29, 0.717) is 35.5 Å². The molecule has 0 radical (unpaired) electrons. The fourth-order valence-electron chi connectivity index (χ4n) is 6.60. The predicted octanol–water partition coefficient (Wildman–Crippen LogP) is 4.00. The van der Waals surface area contributed by atoms with Crippen molar-refractivity contribution in [3.05, 3.63) is 57.9 Å². The number of ketones is 2. The molecule has 0 saturated heterocycles. The lowest BCUT2D eigenvalue weighted by atomic mass is 9.61. The maximum Gasteiger partial charge on any atom is 0.255 e. The van der Waals surface area contributed by atoms with Crippen molar-refractivity contribution in [1.82, 2.24) is 0 Å². The van der Waals surface area contributed by atoms with E-state index in [1.54, 1.807) is 0 Å². The molecule has 2 aromatic rings. The number of amides is 1. The zero-order chi connectivity index (χ0) is 28.0. The Morgan fingerprint density at radius 1 is 1.03 bits per heavy atom. The second kappa shape index (κ2) is 8.36. The number of ether oxygens (including phenoxy) is 2. The average Bonchev–Trinajstić information content (AvgIpc) is 3.30. The Bertz CT molecular complexity index is 1560. The van der Waals surface area contributed by atoms with Gasteiger partial charge < -0.3 is 30.5 Å². The first-order valence-electron chi connectivity index (χ1n) is 12.9. The SMILES string of the molecule is CC(C)(C)c1cc(-c2ccc3c(c2)OCO3)c2c(c1O)C(O)=C1C(=O)C3C(O)=C(C(N)=O)C(=O)C[C@@H]3C[C@@H]1C2. The van der Waals surface area contributed by atoms with Gasteiger partial charge in [-0.05, 0) is 65.0 Å². The van der Waals surface area contributed by atoms with E-state index in [-0.39, 0.29) is 35.9 Å². The molecule has 0 aromatic heterocycles. The summed E-state index contributed by atoms with van der Waals surface area (Å²) >= 11 is 0. The Morgan fingerprint density at radius 2 is 1.74 bits per heavy atom. The Labute approximate surface area is 224 Å². The lowest BCUT2D eigenvalue weighted by Crippen LogP contribution is -2.44. The summed E-state index contributed by atoms with van der Waals surface area (Å²) in [5, 5.41) is 33.9. The minimum Gasteiger partial charge on any atom is -0.511 e. The third kappa shape index (κ3) is 3.63. The van der Waals surface area contributed by atoms with Gasteiger partial charge in [0.15, 0.2) is 23.1 Å². The van der Waals surface area contributed by atoms with Gasteiger partial charge in [-0.25, -0.2) is 0 Å². The zero-order valence-electron chi connectivity index (χ0n) is 21.8. The number of hydrogen-bond acceptors (Lipinski definition) is 8. The highest BCUT2D eigenvalue weighted by Gasteiger charge is 2.51. The molecule has 9 heteroatoms. The number of phenols is 1. The van der Waals surface area contributed by atoms with Gasteiger partial charge in [0.05, 0.1) is 11.5 Å². The van der Waals surface area contributed by atoms with E-state index in [2.05, 4.69) is 0 Å². The number of rotatable bonds is 2. The lowest BCUT2D eigenvalue weighted by Gasteiger charge is -2.41. The summed E-state index contributed by atoms with van der Waals surface area (Å²) < 4.78 is 11.0. The maximum atomic E-state index is 13.8. The van der Waals surface area contributed by atoms with Crippen LogP contribution >= 0.6 is 0 Å². The van der Waals surface area contributed by atoms with Crippen molar-refractivity contribution < 1.29 is 39.2 Å². The van der Waals surface area contributed by atoms with E-state index in [1.165, 1.54) is 0 Å². The van der Waals surface area contributed by atoms with Gasteiger partial charge in [-0.3, -0.25) is 14.4 Å². The zero-order valence-corrected chi connectivity index (χ0v) is 21.8. The molecule has 3 atom stereocenters. The number of aliphatic hydroxyl groups excluding tert-OH is 2. The van der Waals surface area contributed by atoms with Crippen LogP contribution in [0.4, 0.5) is 0 Å². The van der Waals surface area contributed by atoms with Gasteiger partial charge in [-0.1, -0.05) is 26.8 Å². The van der Waals surface area contributed by atoms with E-state index in [4.69, 9.17) is 15.2 Å². The number of primary amides is 1.